The third-order valence-corrected chi connectivity index (χ3v) is 3.02. The summed E-state index contributed by atoms with van der Waals surface area (Å²) < 4.78 is 5.04. The number of hydrogen-bond acceptors (Lipinski definition) is 4. The van der Waals surface area contributed by atoms with Gasteiger partial charge in [-0.2, -0.15) is 4.98 Å². The van der Waals surface area contributed by atoms with Crippen molar-refractivity contribution in [3.05, 3.63) is 12.3 Å². The first-order chi connectivity index (χ1) is 7.01. The van der Waals surface area contributed by atoms with Gasteiger partial charge in [-0.05, 0) is 13.8 Å². The summed E-state index contributed by atoms with van der Waals surface area (Å²) in [5.74, 6) is 1.67. The highest BCUT2D eigenvalue weighted by Gasteiger charge is 2.24. The highest BCUT2D eigenvalue weighted by Crippen LogP contribution is 2.20. The standard InChI is InChI=1S/C10H16ClN3O/c1-10(2,7-11)14(3)9-12-6-5-8(13-9)15-4/h5-6H,7H2,1-4H3. The minimum absolute atomic E-state index is 0.187. The lowest BCUT2D eigenvalue weighted by Crippen LogP contribution is -2.43. The van der Waals surface area contributed by atoms with Crippen molar-refractivity contribution in [2.24, 2.45) is 0 Å². The molecule has 0 unspecified atom stereocenters. The first-order valence-electron chi connectivity index (χ1n) is 4.68. The number of alkyl halides is 1. The van der Waals surface area contributed by atoms with E-state index in [1.807, 2.05) is 25.8 Å². The highest BCUT2D eigenvalue weighted by atomic mass is 35.5. The fourth-order valence-corrected chi connectivity index (χ4v) is 1.15. The molecule has 0 N–H and O–H groups in total. The fraction of sp³-hybridized carbons (Fsp3) is 0.600. The van der Waals surface area contributed by atoms with E-state index in [1.165, 1.54) is 0 Å². The molecule has 0 saturated heterocycles. The lowest BCUT2D eigenvalue weighted by Gasteiger charge is -2.33. The van der Waals surface area contributed by atoms with E-state index in [2.05, 4.69) is 9.97 Å². The number of ether oxygens (including phenoxy) is 1. The molecular formula is C10H16ClN3O. The van der Waals surface area contributed by atoms with E-state index >= 15 is 0 Å². The predicted octanol–water partition coefficient (Wildman–Crippen LogP) is 1.94. The summed E-state index contributed by atoms with van der Waals surface area (Å²) in [6.45, 7) is 4.06. The summed E-state index contributed by atoms with van der Waals surface area (Å²) >= 11 is 5.88. The first kappa shape index (κ1) is 12.0. The van der Waals surface area contributed by atoms with Crippen LogP contribution in [-0.2, 0) is 0 Å². The molecule has 0 atom stereocenters. The maximum absolute atomic E-state index is 5.88. The van der Waals surface area contributed by atoms with E-state index < -0.39 is 0 Å². The molecule has 1 aromatic rings. The van der Waals surface area contributed by atoms with Crippen molar-refractivity contribution in [1.29, 1.82) is 0 Å². The van der Waals surface area contributed by atoms with Crippen LogP contribution in [-0.4, -0.2) is 35.5 Å². The van der Waals surface area contributed by atoms with Gasteiger partial charge in [-0.25, -0.2) is 4.98 Å². The highest BCUT2D eigenvalue weighted by molar-refractivity contribution is 6.18. The summed E-state index contributed by atoms with van der Waals surface area (Å²) in [5, 5.41) is 0. The summed E-state index contributed by atoms with van der Waals surface area (Å²) in [6, 6.07) is 1.71. The lowest BCUT2D eigenvalue weighted by atomic mass is 10.1. The molecule has 0 fully saturated rings. The SMILES string of the molecule is COc1ccnc(N(C)C(C)(C)CCl)n1. The lowest BCUT2D eigenvalue weighted by molar-refractivity contribution is 0.395. The Morgan fingerprint density at radius 2 is 2.20 bits per heavy atom. The molecule has 0 bridgehead atoms. The zero-order valence-corrected chi connectivity index (χ0v) is 10.2. The van der Waals surface area contributed by atoms with Gasteiger partial charge in [0.25, 0.3) is 0 Å². The molecule has 84 valence electrons. The first-order valence-corrected chi connectivity index (χ1v) is 5.21. The number of hydrogen-bond donors (Lipinski definition) is 0. The van der Waals surface area contributed by atoms with Crippen molar-refractivity contribution in [3.63, 3.8) is 0 Å². The zero-order valence-electron chi connectivity index (χ0n) is 9.49. The summed E-state index contributed by atoms with van der Waals surface area (Å²) in [7, 11) is 3.50. The molecule has 0 spiro atoms. The normalized spacial score (nSPS) is 11.3. The van der Waals surface area contributed by atoms with Crippen LogP contribution in [0.25, 0.3) is 0 Å². The zero-order chi connectivity index (χ0) is 11.5. The average Bonchev–Trinajstić information content (AvgIpc) is 2.28. The van der Waals surface area contributed by atoms with E-state index in [-0.39, 0.29) is 5.54 Å². The molecule has 1 aromatic heterocycles. The second-order valence-electron chi connectivity index (χ2n) is 3.90. The van der Waals surface area contributed by atoms with Crippen molar-refractivity contribution in [2.75, 3.05) is 24.9 Å². The minimum atomic E-state index is -0.187. The topological polar surface area (TPSA) is 38.2 Å². The Bertz CT molecular complexity index is 330. The molecular weight excluding hydrogens is 214 g/mol. The van der Waals surface area contributed by atoms with E-state index in [1.54, 1.807) is 19.4 Å². The number of halogens is 1. The maximum Gasteiger partial charge on any atom is 0.228 e. The monoisotopic (exact) mass is 229 g/mol. The van der Waals surface area contributed by atoms with Gasteiger partial charge < -0.3 is 9.64 Å². The largest absolute Gasteiger partial charge is 0.481 e. The van der Waals surface area contributed by atoms with E-state index in [4.69, 9.17) is 16.3 Å². The molecule has 4 nitrogen and oxygen atoms in total. The number of aromatic nitrogens is 2. The Kier molecular flexibility index (Phi) is 3.74. The molecule has 0 radical (unpaired) electrons. The summed E-state index contributed by atoms with van der Waals surface area (Å²) in [4.78, 5) is 10.4. The van der Waals surface area contributed by atoms with E-state index in [0.717, 1.165) is 0 Å². The van der Waals surface area contributed by atoms with Crippen LogP contribution >= 0.6 is 11.6 Å². The molecule has 5 heteroatoms. The van der Waals surface area contributed by atoms with Gasteiger partial charge in [0.1, 0.15) is 0 Å². The van der Waals surface area contributed by atoms with E-state index in [0.29, 0.717) is 17.7 Å². The smallest absolute Gasteiger partial charge is 0.228 e. The third kappa shape index (κ3) is 2.72. The van der Waals surface area contributed by atoms with Crippen molar-refractivity contribution < 1.29 is 4.74 Å². The number of rotatable bonds is 4. The van der Waals surface area contributed by atoms with Crippen LogP contribution in [0.4, 0.5) is 5.95 Å². The van der Waals surface area contributed by atoms with Gasteiger partial charge in [0, 0.05) is 25.2 Å². The molecule has 1 rings (SSSR count). The Labute approximate surface area is 95.2 Å². The summed E-state index contributed by atoms with van der Waals surface area (Å²) in [5.41, 5.74) is -0.187. The quantitative estimate of drug-likeness (QED) is 0.740. The van der Waals surface area contributed by atoms with Gasteiger partial charge in [-0.15, -0.1) is 11.6 Å². The molecule has 1 heterocycles. The molecule has 0 aliphatic heterocycles. The number of anilines is 1. The van der Waals surface area contributed by atoms with E-state index in [9.17, 15) is 0 Å². The van der Waals surface area contributed by atoms with Gasteiger partial charge in [-0.1, -0.05) is 0 Å². The number of nitrogens with zero attached hydrogens (tertiary/aromatic N) is 3. The van der Waals surface area contributed by atoms with Crippen molar-refractivity contribution in [1.82, 2.24) is 9.97 Å². The van der Waals surface area contributed by atoms with Gasteiger partial charge >= 0.3 is 0 Å². The van der Waals surface area contributed by atoms with Gasteiger partial charge in [0.15, 0.2) is 0 Å². The average molecular weight is 230 g/mol. The van der Waals surface area contributed by atoms with Gasteiger partial charge in [0.05, 0.1) is 12.6 Å². The van der Waals surface area contributed by atoms with Crippen molar-refractivity contribution in [2.45, 2.75) is 19.4 Å². The molecule has 15 heavy (non-hydrogen) atoms. The molecule has 0 saturated carbocycles. The predicted molar refractivity (Wildman–Crippen MR) is 61.8 cm³/mol. The van der Waals surface area contributed by atoms with Crippen molar-refractivity contribution >= 4 is 17.5 Å². The Balaban J connectivity index is 2.95. The van der Waals surface area contributed by atoms with Crippen LogP contribution < -0.4 is 9.64 Å². The Hall–Kier alpha value is -1.03. The summed E-state index contributed by atoms with van der Waals surface area (Å²) in [6.07, 6.45) is 1.67. The van der Waals surface area contributed by atoms with Crippen LogP contribution in [0.2, 0.25) is 0 Å². The fourth-order valence-electron chi connectivity index (χ4n) is 0.968. The van der Waals surface area contributed by atoms with Crippen LogP contribution in [0.3, 0.4) is 0 Å². The molecule has 0 amide bonds. The van der Waals surface area contributed by atoms with Crippen molar-refractivity contribution in [3.8, 4) is 5.88 Å². The second kappa shape index (κ2) is 4.66. The second-order valence-corrected chi connectivity index (χ2v) is 4.17. The third-order valence-electron chi connectivity index (χ3n) is 2.36. The number of methoxy groups -OCH3 is 1. The minimum Gasteiger partial charge on any atom is -0.481 e. The van der Waals surface area contributed by atoms with Crippen LogP contribution in [0.15, 0.2) is 12.3 Å². The Morgan fingerprint density at radius 3 is 2.73 bits per heavy atom. The van der Waals surface area contributed by atoms with Crippen LogP contribution in [0.5, 0.6) is 5.88 Å². The van der Waals surface area contributed by atoms with Gasteiger partial charge in [0.2, 0.25) is 11.8 Å². The van der Waals surface area contributed by atoms with Gasteiger partial charge in [-0.3, -0.25) is 0 Å². The molecule has 0 aromatic carbocycles. The molecule has 0 aliphatic rings. The molecule has 0 aliphatic carbocycles. The maximum atomic E-state index is 5.88. The Morgan fingerprint density at radius 1 is 1.53 bits per heavy atom. The van der Waals surface area contributed by atoms with Crippen LogP contribution in [0.1, 0.15) is 13.8 Å². The van der Waals surface area contributed by atoms with Crippen LogP contribution in [0, 0.1) is 0 Å².